The van der Waals surface area contributed by atoms with Crippen molar-refractivity contribution in [2.75, 3.05) is 13.1 Å². The van der Waals surface area contributed by atoms with E-state index in [1.165, 1.54) is 4.90 Å². The van der Waals surface area contributed by atoms with Gasteiger partial charge in [0.2, 0.25) is 0 Å². The van der Waals surface area contributed by atoms with Gasteiger partial charge in [0, 0.05) is 18.7 Å². The third-order valence-electron chi connectivity index (χ3n) is 4.84. The average Bonchev–Trinajstić information content (AvgIpc) is 2.94. The van der Waals surface area contributed by atoms with Crippen LogP contribution in [0, 0.1) is 0 Å². The molecule has 0 unspecified atom stereocenters. The minimum absolute atomic E-state index is 0.0184. The van der Waals surface area contributed by atoms with Gasteiger partial charge in [-0.15, -0.1) is 0 Å². The predicted molar refractivity (Wildman–Crippen MR) is 104 cm³/mol. The zero-order valence-corrected chi connectivity index (χ0v) is 15.8. The highest BCUT2D eigenvalue weighted by Gasteiger charge is 2.35. The van der Waals surface area contributed by atoms with E-state index < -0.39 is 0 Å². The summed E-state index contributed by atoms with van der Waals surface area (Å²) in [7, 11) is 0. The molecule has 140 valence electrons. The van der Waals surface area contributed by atoms with Crippen molar-refractivity contribution < 1.29 is 14.4 Å². The van der Waals surface area contributed by atoms with Crippen LogP contribution >= 0.6 is 0 Å². The van der Waals surface area contributed by atoms with E-state index in [1.54, 1.807) is 42.5 Å². The first-order chi connectivity index (χ1) is 13.1. The number of nitrogens with zero attached hydrogens (tertiary/aromatic N) is 2. The summed E-state index contributed by atoms with van der Waals surface area (Å²) < 4.78 is 0. The van der Waals surface area contributed by atoms with E-state index in [1.807, 2.05) is 17.9 Å². The molecule has 2 aromatic rings. The van der Waals surface area contributed by atoms with E-state index in [0.29, 0.717) is 23.2 Å². The molecule has 0 fully saturated rings. The van der Waals surface area contributed by atoms with Gasteiger partial charge < -0.3 is 4.90 Å². The van der Waals surface area contributed by atoms with E-state index in [9.17, 15) is 14.4 Å². The van der Waals surface area contributed by atoms with Crippen LogP contribution in [0.5, 0.6) is 0 Å². The van der Waals surface area contributed by atoms with Crippen molar-refractivity contribution in [3.8, 4) is 0 Å². The number of unbranched alkanes of at least 4 members (excludes halogenated alkanes) is 1. The van der Waals surface area contributed by atoms with Gasteiger partial charge in [0.05, 0.1) is 17.7 Å². The second-order valence-corrected chi connectivity index (χ2v) is 6.68. The number of amides is 3. The highest BCUT2D eigenvalue weighted by Crippen LogP contribution is 2.24. The Kier molecular flexibility index (Phi) is 5.69. The highest BCUT2D eigenvalue weighted by atomic mass is 16.2. The molecule has 0 aliphatic carbocycles. The number of carbonyl (C=O) groups is 3. The molecule has 0 saturated heterocycles. The fourth-order valence-corrected chi connectivity index (χ4v) is 3.30. The number of fused-ring (bicyclic) bond motifs is 1. The zero-order chi connectivity index (χ0) is 19.4. The number of imide groups is 1. The molecular weight excluding hydrogens is 340 g/mol. The Bertz CT molecular complexity index is 840. The largest absolute Gasteiger partial charge is 0.339 e. The van der Waals surface area contributed by atoms with Gasteiger partial charge in [-0.1, -0.05) is 37.6 Å². The maximum Gasteiger partial charge on any atom is 0.261 e. The van der Waals surface area contributed by atoms with Crippen molar-refractivity contribution in [1.29, 1.82) is 0 Å². The van der Waals surface area contributed by atoms with Gasteiger partial charge in [-0.3, -0.25) is 19.3 Å². The first-order valence-corrected chi connectivity index (χ1v) is 9.40. The third-order valence-corrected chi connectivity index (χ3v) is 4.84. The Labute approximate surface area is 159 Å². The molecule has 0 atom stereocenters. The van der Waals surface area contributed by atoms with Crippen LogP contribution in [0.15, 0.2) is 48.5 Å². The molecule has 0 saturated carbocycles. The van der Waals surface area contributed by atoms with Crippen LogP contribution < -0.4 is 0 Å². The van der Waals surface area contributed by atoms with E-state index in [-0.39, 0.29) is 24.3 Å². The van der Waals surface area contributed by atoms with Crippen LogP contribution in [0.2, 0.25) is 0 Å². The molecule has 1 aliphatic rings. The lowest BCUT2D eigenvalue weighted by molar-refractivity contribution is 0.0642. The molecule has 0 spiro atoms. The lowest BCUT2D eigenvalue weighted by Gasteiger charge is -2.21. The molecule has 5 nitrogen and oxygen atoms in total. The number of hydrogen-bond acceptors (Lipinski definition) is 3. The van der Waals surface area contributed by atoms with Crippen molar-refractivity contribution in [2.24, 2.45) is 0 Å². The number of carbonyl (C=O) groups excluding carboxylic acids is 3. The summed E-state index contributed by atoms with van der Waals surface area (Å²) in [5.41, 5.74) is 2.22. The van der Waals surface area contributed by atoms with Gasteiger partial charge in [-0.2, -0.15) is 0 Å². The van der Waals surface area contributed by atoms with Crippen LogP contribution in [0.4, 0.5) is 0 Å². The Balaban J connectivity index is 1.78. The van der Waals surface area contributed by atoms with E-state index in [2.05, 4.69) is 6.92 Å². The SMILES string of the molecule is CCCCN(CC)C(=O)c1cccc(CN2C(=O)c3ccccc3C2=O)c1. The first kappa shape index (κ1) is 18.8. The van der Waals surface area contributed by atoms with E-state index in [0.717, 1.165) is 24.9 Å². The summed E-state index contributed by atoms with van der Waals surface area (Å²) >= 11 is 0. The van der Waals surface area contributed by atoms with Crippen molar-refractivity contribution in [3.05, 3.63) is 70.8 Å². The van der Waals surface area contributed by atoms with Crippen LogP contribution in [0.25, 0.3) is 0 Å². The van der Waals surface area contributed by atoms with Crippen LogP contribution in [0.1, 0.15) is 63.3 Å². The Morgan fingerprint density at radius 3 is 2.22 bits per heavy atom. The molecule has 27 heavy (non-hydrogen) atoms. The van der Waals surface area contributed by atoms with Crippen molar-refractivity contribution in [3.63, 3.8) is 0 Å². The van der Waals surface area contributed by atoms with E-state index in [4.69, 9.17) is 0 Å². The molecule has 1 aliphatic heterocycles. The van der Waals surface area contributed by atoms with Crippen LogP contribution in [0.3, 0.4) is 0 Å². The smallest absolute Gasteiger partial charge is 0.261 e. The van der Waals surface area contributed by atoms with Gasteiger partial charge in [-0.25, -0.2) is 0 Å². The maximum atomic E-state index is 12.8. The predicted octanol–water partition coefficient (Wildman–Crippen LogP) is 3.75. The molecule has 1 heterocycles. The molecule has 0 N–H and O–H groups in total. The van der Waals surface area contributed by atoms with Crippen molar-refractivity contribution >= 4 is 17.7 Å². The van der Waals surface area contributed by atoms with Gasteiger partial charge in [0.25, 0.3) is 17.7 Å². The fourth-order valence-electron chi connectivity index (χ4n) is 3.30. The molecule has 3 rings (SSSR count). The Hall–Kier alpha value is -2.95. The van der Waals surface area contributed by atoms with Crippen LogP contribution in [-0.2, 0) is 6.54 Å². The number of benzene rings is 2. The van der Waals surface area contributed by atoms with Gasteiger partial charge in [-0.05, 0) is 43.2 Å². The Morgan fingerprint density at radius 2 is 1.63 bits per heavy atom. The summed E-state index contributed by atoms with van der Waals surface area (Å²) in [5.74, 6) is -0.592. The highest BCUT2D eigenvalue weighted by molar-refractivity contribution is 6.21. The van der Waals surface area contributed by atoms with E-state index >= 15 is 0 Å². The molecule has 5 heteroatoms. The maximum absolute atomic E-state index is 12.8. The van der Waals surface area contributed by atoms with Crippen LogP contribution in [-0.4, -0.2) is 40.6 Å². The average molecular weight is 364 g/mol. The lowest BCUT2D eigenvalue weighted by atomic mass is 10.1. The standard InChI is InChI=1S/C22H24N2O3/c1-3-5-13-23(4-2)20(25)17-10-8-9-16(14-17)15-24-21(26)18-11-6-7-12-19(18)22(24)27/h6-12,14H,3-5,13,15H2,1-2H3. The molecular formula is C22H24N2O3. The van der Waals surface area contributed by atoms with Gasteiger partial charge >= 0.3 is 0 Å². The van der Waals surface area contributed by atoms with Gasteiger partial charge in [0.1, 0.15) is 0 Å². The Morgan fingerprint density at radius 1 is 0.963 bits per heavy atom. The topological polar surface area (TPSA) is 57.7 Å². The third kappa shape index (κ3) is 3.77. The summed E-state index contributed by atoms with van der Waals surface area (Å²) in [4.78, 5) is 40.9. The summed E-state index contributed by atoms with van der Waals surface area (Å²) in [6.45, 7) is 5.61. The van der Waals surface area contributed by atoms with Gasteiger partial charge in [0.15, 0.2) is 0 Å². The fraction of sp³-hybridized carbons (Fsp3) is 0.318. The van der Waals surface area contributed by atoms with Crippen molar-refractivity contribution in [2.45, 2.75) is 33.2 Å². The molecule has 0 radical (unpaired) electrons. The molecule has 3 amide bonds. The number of rotatable bonds is 7. The lowest BCUT2D eigenvalue weighted by Crippen LogP contribution is -2.32. The summed E-state index contributed by atoms with van der Waals surface area (Å²) in [6.07, 6.45) is 2.00. The zero-order valence-electron chi connectivity index (χ0n) is 15.8. The summed E-state index contributed by atoms with van der Waals surface area (Å²) in [6, 6.07) is 14.0. The number of hydrogen-bond donors (Lipinski definition) is 0. The minimum atomic E-state index is -0.287. The monoisotopic (exact) mass is 364 g/mol. The van der Waals surface area contributed by atoms with Crippen molar-refractivity contribution in [1.82, 2.24) is 9.80 Å². The quantitative estimate of drug-likeness (QED) is 0.703. The first-order valence-electron chi connectivity index (χ1n) is 9.40. The molecule has 0 bridgehead atoms. The molecule has 2 aromatic carbocycles. The normalized spacial score (nSPS) is 13.0. The molecule has 0 aromatic heterocycles. The second kappa shape index (κ2) is 8.16. The minimum Gasteiger partial charge on any atom is -0.339 e. The second-order valence-electron chi connectivity index (χ2n) is 6.68. The summed E-state index contributed by atoms with van der Waals surface area (Å²) in [5, 5.41) is 0.